The van der Waals surface area contributed by atoms with Crippen molar-refractivity contribution in [3.05, 3.63) is 29.8 Å². The fourth-order valence-electron chi connectivity index (χ4n) is 1.09. The average Bonchev–Trinajstić information content (AvgIpc) is 2.19. The molecule has 1 N–H and O–H groups in total. The normalized spacial score (nSPS) is 10.5. The van der Waals surface area contributed by atoms with Crippen molar-refractivity contribution in [3.63, 3.8) is 0 Å². The van der Waals surface area contributed by atoms with Crippen LogP contribution in [0.5, 0.6) is 5.75 Å². The van der Waals surface area contributed by atoms with E-state index in [-0.39, 0.29) is 6.73 Å². The highest BCUT2D eigenvalue weighted by molar-refractivity contribution is 5.26. The molecular formula is C10H15NO2. The van der Waals surface area contributed by atoms with Gasteiger partial charge in [0.15, 0.2) is 0 Å². The summed E-state index contributed by atoms with van der Waals surface area (Å²) in [6.45, 7) is 0.826. The largest absolute Gasteiger partial charge is 0.497 e. The van der Waals surface area contributed by atoms with Crippen LogP contribution in [0.15, 0.2) is 24.3 Å². The van der Waals surface area contributed by atoms with E-state index in [2.05, 4.69) is 0 Å². The Bertz CT molecular complexity index is 246. The molecule has 1 aromatic carbocycles. The first kappa shape index (κ1) is 10.0. The lowest BCUT2D eigenvalue weighted by atomic mass is 10.2. The number of hydrogen-bond acceptors (Lipinski definition) is 3. The zero-order chi connectivity index (χ0) is 9.68. The third kappa shape index (κ3) is 3.05. The highest BCUT2D eigenvalue weighted by Crippen LogP contribution is 2.12. The van der Waals surface area contributed by atoms with Crippen LogP contribution in [0.25, 0.3) is 0 Å². The molecule has 0 spiro atoms. The maximum atomic E-state index is 8.80. The number of methoxy groups -OCH3 is 1. The van der Waals surface area contributed by atoms with Crippen LogP contribution in [-0.2, 0) is 6.54 Å². The topological polar surface area (TPSA) is 32.7 Å². The SMILES string of the molecule is COc1ccc(CN(C)CO)cc1. The van der Waals surface area contributed by atoms with Crippen molar-refractivity contribution in [1.29, 1.82) is 0 Å². The van der Waals surface area contributed by atoms with Crippen molar-refractivity contribution in [2.24, 2.45) is 0 Å². The Hall–Kier alpha value is -1.06. The van der Waals surface area contributed by atoms with Crippen LogP contribution < -0.4 is 4.74 Å². The molecule has 0 aliphatic rings. The summed E-state index contributed by atoms with van der Waals surface area (Å²) < 4.78 is 5.04. The van der Waals surface area contributed by atoms with E-state index in [1.54, 1.807) is 7.11 Å². The van der Waals surface area contributed by atoms with Gasteiger partial charge in [0.2, 0.25) is 0 Å². The van der Waals surface area contributed by atoms with Crippen LogP contribution in [0.2, 0.25) is 0 Å². The molecule has 1 aromatic rings. The maximum Gasteiger partial charge on any atom is 0.118 e. The average molecular weight is 181 g/mol. The van der Waals surface area contributed by atoms with Gasteiger partial charge in [0, 0.05) is 6.54 Å². The summed E-state index contributed by atoms with van der Waals surface area (Å²) in [5.41, 5.74) is 1.16. The van der Waals surface area contributed by atoms with Crippen molar-refractivity contribution in [3.8, 4) is 5.75 Å². The first-order valence-corrected chi connectivity index (χ1v) is 4.18. The summed E-state index contributed by atoms with van der Waals surface area (Å²) >= 11 is 0. The predicted molar refractivity (Wildman–Crippen MR) is 51.5 cm³/mol. The van der Waals surface area contributed by atoms with Crippen LogP contribution in [0.1, 0.15) is 5.56 Å². The van der Waals surface area contributed by atoms with Gasteiger partial charge in [-0.3, -0.25) is 4.90 Å². The number of rotatable bonds is 4. The second-order valence-corrected chi connectivity index (χ2v) is 3.00. The van der Waals surface area contributed by atoms with Crippen LogP contribution in [0.4, 0.5) is 0 Å². The van der Waals surface area contributed by atoms with Gasteiger partial charge in [0.05, 0.1) is 13.8 Å². The first-order valence-electron chi connectivity index (χ1n) is 4.18. The van der Waals surface area contributed by atoms with Crippen molar-refractivity contribution in [2.75, 3.05) is 20.9 Å². The Kier molecular flexibility index (Phi) is 3.73. The molecule has 3 nitrogen and oxygen atoms in total. The van der Waals surface area contributed by atoms with Gasteiger partial charge in [-0.15, -0.1) is 0 Å². The van der Waals surface area contributed by atoms with Gasteiger partial charge < -0.3 is 9.84 Å². The molecular weight excluding hydrogens is 166 g/mol. The molecule has 0 bridgehead atoms. The molecule has 3 heteroatoms. The molecule has 0 radical (unpaired) electrons. The smallest absolute Gasteiger partial charge is 0.118 e. The van der Waals surface area contributed by atoms with E-state index in [0.717, 1.165) is 17.9 Å². The Labute approximate surface area is 78.6 Å². The molecule has 0 unspecified atom stereocenters. The fourth-order valence-corrected chi connectivity index (χ4v) is 1.09. The van der Waals surface area contributed by atoms with Crippen LogP contribution in [0.3, 0.4) is 0 Å². The zero-order valence-corrected chi connectivity index (χ0v) is 8.03. The summed E-state index contributed by atoms with van der Waals surface area (Å²) in [7, 11) is 3.51. The summed E-state index contributed by atoms with van der Waals surface area (Å²) in [5.74, 6) is 0.857. The van der Waals surface area contributed by atoms with Crippen molar-refractivity contribution < 1.29 is 9.84 Å². The first-order chi connectivity index (χ1) is 6.26. The molecule has 0 aliphatic carbocycles. The molecule has 0 saturated carbocycles. The van der Waals surface area contributed by atoms with Gasteiger partial charge in [-0.2, -0.15) is 0 Å². The highest BCUT2D eigenvalue weighted by Gasteiger charge is 1.98. The Morgan fingerprint density at radius 1 is 1.31 bits per heavy atom. The quantitative estimate of drug-likeness (QED) is 0.705. The minimum atomic E-state index is 0.0754. The molecule has 0 atom stereocenters. The number of nitrogens with zero attached hydrogens (tertiary/aromatic N) is 1. The van der Waals surface area contributed by atoms with Crippen molar-refractivity contribution in [1.82, 2.24) is 4.90 Å². The van der Waals surface area contributed by atoms with E-state index in [1.807, 2.05) is 36.2 Å². The molecule has 0 fully saturated rings. The number of hydrogen-bond donors (Lipinski definition) is 1. The third-order valence-corrected chi connectivity index (χ3v) is 1.85. The fraction of sp³-hybridized carbons (Fsp3) is 0.400. The summed E-state index contributed by atoms with van der Waals surface area (Å²) in [6.07, 6.45) is 0. The molecule has 0 aromatic heterocycles. The molecule has 0 heterocycles. The summed E-state index contributed by atoms with van der Waals surface area (Å²) in [6, 6.07) is 7.82. The van der Waals surface area contributed by atoms with E-state index in [4.69, 9.17) is 9.84 Å². The molecule has 1 rings (SSSR count). The molecule has 0 aliphatic heterocycles. The number of ether oxygens (including phenoxy) is 1. The van der Waals surface area contributed by atoms with E-state index < -0.39 is 0 Å². The minimum Gasteiger partial charge on any atom is -0.497 e. The predicted octanol–water partition coefficient (Wildman–Crippen LogP) is 1.08. The van der Waals surface area contributed by atoms with Gasteiger partial charge >= 0.3 is 0 Å². The van der Waals surface area contributed by atoms with Gasteiger partial charge in [0.25, 0.3) is 0 Å². The number of aliphatic hydroxyl groups excluding tert-OH is 1. The summed E-state index contributed by atoms with van der Waals surface area (Å²) in [5, 5.41) is 8.80. The van der Waals surface area contributed by atoms with Crippen LogP contribution >= 0.6 is 0 Å². The Morgan fingerprint density at radius 2 is 1.92 bits per heavy atom. The van der Waals surface area contributed by atoms with Gasteiger partial charge in [-0.1, -0.05) is 12.1 Å². The highest BCUT2D eigenvalue weighted by atomic mass is 16.5. The standard InChI is InChI=1S/C10H15NO2/c1-11(8-12)7-9-3-5-10(13-2)6-4-9/h3-6,12H,7-8H2,1-2H3. The number of benzene rings is 1. The molecule has 0 saturated heterocycles. The van der Waals surface area contributed by atoms with E-state index in [0.29, 0.717) is 0 Å². The lowest BCUT2D eigenvalue weighted by Gasteiger charge is -2.12. The van der Waals surface area contributed by atoms with Gasteiger partial charge in [-0.25, -0.2) is 0 Å². The van der Waals surface area contributed by atoms with Gasteiger partial charge in [0.1, 0.15) is 5.75 Å². The second kappa shape index (κ2) is 4.84. The monoisotopic (exact) mass is 181 g/mol. The zero-order valence-electron chi connectivity index (χ0n) is 8.03. The minimum absolute atomic E-state index is 0.0754. The molecule has 13 heavy (non-hydrogen) atoms. The summed E-state index contributed by atoms with van der Waals surface area (Å²) in [4.78, 5) is 1.82. The van der Waals surface area contributed by atoms with E-state index >= 15 is 0 Å². The van der Waals surface area contributed by atoms with Gasteiger partial charge in [-0.05, 0) is 24.7 Å². The van der Waals surface area contributed by atoms with Crippen LogP contribution in [0, 0.1) is 0 Å². The lowest BCUT2D eigenvalue weighted by Crippen LogP contribution is -2.18. The van der Waals surface area contributed by atoms with E-state index in [1.165, 1.54) is 0 Å². The Morgan fingerprint density at radius 3 is 2.38 bits per heavy atom. The number of aliphatic hydroxyl groups is 1. The Balaban J connectivity index is 2.58. The van der Waals surface area contributed by atoms with Crippen molar-refractivity contribution >= 4 is 0 Å². The lowest BCUT2D eigenvalue weighted by molar-refractivity contribution is 0.127. The molecule has 72 valence electrons. The van der Waals surface area contributed by atoms with Crippen LogP contribution in [-0.4, -0.2) is 30.9 Å². The maximum absolute atomic E-state index is 8.80. The van der Waals surface area contributed by atoms with E-state index in [9.17, 15) is 0 Å². The third-order valence-electron chi connectivity index (χ3n) is 1.85. The van der Waals surface area contributed by atoms with Crippen molar-refractivity contribution in [2.45, 2.75) is 6.54 Å². The molecule has 0 amide bonds. The second-order valence-electron chi connectivity index (χ2n) is 3.00.